The highest BCUT2D eigenvalue weighted by molar-refractivity contribution is 5.44. The zero-order valence-corrected chi connectivity index (χ0v) is 6.91. The molecule has 1 aliphatic heterocycles. The van der Waals surface area contributed by atoms with Gasteiger partial charge in [-0.1, -0.05) is 6.07 Å². The molecule has 0 aromatic heterocycles. The molecular formula is C10H13NO2. The summed E-state index contributed by atoms with van der Waals surface area (Å²) < 4.78 is 47.4. The van der Waals surface area contributed by atoms with Gasteiger partial charge in [0.2, 0.25) is 6.79 Å². The molecule has 0 saturated carbocycles. The summed E-state index contributed by atoms with van der Waals surface area (Å²) in [7, 11) is 0. The van der Waals surface area contributed by atoms with Crippen LogP contribution in [-0.2, 0) is 6.40 Å². The van der Waals surface area contributed by atoms with Gasteiger partial charge < -0.3 is 15.2 Å². The van der Waals surface area contributed by atoms with E-state index in [4.69, 9.17) is 22.1 Å². The zero-order valence-electron chi connectivity index (χ0n) is 11.9. The molecule has 2 rings (SSSR count). The summed E-state index contributed by atoms with van der Waals surface area (Å²) in [6, 6.07) is 2.21. The normalized spacial score (nSPS) is 27.3. The predicted octanol–water partition coefficient (Wildman–Crippen LogP) is 1.30. The molecular weight excluding hydrogens is 166 g/mol. The summed E-state index contributed by atoms with van der Waals surface area (Å²) in [6.07, 6.45) is -1.40. The van der Waals surface area contributed by atoms with Crippen LogP contribution in [-0.4, -0.2) is 12.8 Å². The van der Waals surface area contributed by atoms with Crippen molar-refractivity contribution in [1.29, 1.82) is 0 Å². The fraction of sp³-hybridized carbons (Fsp3) is 0.400. The van der Waals surface area contributed by atoms with Crippen molar-refractivity contribution < 1.29 is 16.3 Å². The van der Waals surface area contributed by atoms with Gasteiger partial charge in [0.15, 0.2) is 11.5 Å². The summed E-state index contributed by atoms with van der Waals surface area (Å²) in [6.45, 7) is -2.65. The van der Waals surface area contributed by atoms with Gasteiger partial charge in [-0.15, -0.1) is 0 Å². The van der Waals surface area contributed by atoms with Gasteiger partial charge in [-0.2, -0.15) is 0 Å². The molecule has 0 spiro atoms. The van der Waals surface area contributed by atoms with Crippen molar-refractivity contribution in [2.75, 3.05) is 6.79 Å². The van der Waals surface area contributed by atoms with Crippen LogP contribution in [0.2, 0.25) is 0 Å². The van der Waals surface area contributed by atoms with E-state index in [0.29, 0.717) is 17.1 Å². The topological polar surface area (TPSA) is 44.5 Å². The standard InChI is InChI=1S/C10H13NO2/c1-7(11)4-8-2-3-9-10(5-8)13-6-12-9/h2-3,5,7H,4,6,11H2,1H3/i1D3,4D,7D. The minimum Gasteiger partial charge on any atom is -0.454 e. The van der Waals surface area contributed by atoms with Crippen LogP contribution in [0.1, 0.15) is 19.3 Å². The lowest BCUT2D eigenvalue weighted by Crippen LogP contribution is -2.17. The molecule has 0 fully saturated rings. The molecule has 2 N–H and O–H groups in total. The maximum absolute atomic E-state index is 7.87. The second-order valence-electron chi connectivity index (χ2n) is 2.71. The second kappa shape index (κ2) is 3.26. The summed E-state index contributed by atoms with van der Waals surface area (Å²) in [5.41, 5.74) is 5.77. The summed E-state index contributed by atoms with van der Waals surface area (Å²) in [5, 5.41) is 0. The molecule has 1 aromatic rings. The maximum Gasteiger partial charge on any atom is 0.231 e. The number of hydrogen-bond acceptors (Lipinski definition) is 3. The van der Waals surface area contributed by atoms with E-state index in [-0.39, 0.29) is 6.79 Å². The van der Waals surface area contributed by atoms with E-state index in [0.717, 1.165) is 0 Å². The first kappa shape index (κ1) is 4.33. The van der Waals surface area contributed by atoms with E-state index in [1.165, 1.54) is 12.1 Å². The summed E-state index contributed by atoms with van der Waals surface area (Å²) in [4.78, 5) is 0. The molecule has 0 aliphatic carbocycles. The summed E-state index contributed by atoms with van der Waals surface area (Å²) >= 11 is 0. The van der Waals surface area contributed by atoms with Gasteiger partial charge >= 0.3 is 0 Å². The molecule has 3 nitrogen and oxygen atoms in total. The second-order valence-corrected chi connectivity index (χ2v) is 2.71. The Morgan fingerprint density at radius 1 is 1.69 bits per heavy atom. The minimum absolute atomic E-state index is 0.0926. The van der Waals surface area contributed by atoms with Gasteiger partial charge in [0.25, 0.3) is 0 Å². The third-order valence-corrected chi connectivity index (χ3v) is 1.72. The average Bonchev–Trinajstić information content (AvgIpc) is 2.73. The van der Waals surface area contributed by atoms with Crippen molar-refractivity contribution in [3.8, 4) is 11.5 Å². The largest absolute Gasteiger partial charge is 0.454 e. The van der Waals surface area contributed by atoms with Crippen LogP contribution in [0.5, 0.6) is 11.5 Å². The molecule has 1 heterocycles. The van der Waals surface area contributed by atoms with Crippen LogP contribution >= 0.6 is 0 Å². The third kappa shape index (κ3) is 1.75. The van der Waals surface area contributed by atoms with E-state index >= 15 is 0 Å². The van der Waals surface area contributed by atoms with Gasteiger partial charge in [0, 0.05) is 12.9 Å². The van der Waals surface area contributed by atoms with Crippen LogP contribution in [0.4, 0.5) is 0 Å². The lowest BCUT2D eigenvalue weighted by Gasteiger charge is -2.05. The Balaban J connectivity index is 2.32. The number of benzene rings is 1. The van der Waals surface area contributed by atoms with E-state index in [1.54, 1.807) is 6.07 Å². The first-order valence-electron chi connectivity index (χ1n) is 6.42. The van der Waals surface area contributed by atoms with Gasteiger partial charge in [-0.05, 0) is 30.9 Å². The van der Waals surface area contributed by atoms with Crippen LogP contribution in [0.15, 0.2) is 18.2 Å². The maximum atomic E-state index is 7.87. The predicted molar refractivity (Wildman–Crippen MR) is 49.9 cm³/mol. The molecule has 1 aromatic carbocycles. The fourth-order valence-corrected chi connectivity index (χ4v) is 1.18. The van der Waals surface area contributed by atoms with E-state index in [2.05, 4.69) is 0 Å². The highest BCUT2D eigenvalue weighted by atomic mass is 16.7. The van der Waals surface area contributed by atoms with Crippen LogP contribution in [0, 0.1) is 0 Å². The zero-order chi connectivity index (χ0) is 13.6. The van der Waals surface area contributed by atoms with Gasteiger partial charge in [-0.3, -0.25) is 0 Å². The summed E-state index contributed by atoms with van der Waals surface area (Å²) in [5.74, 6) is 0.971. The Morgan fingerprint density at radius 3 is 3.38 bits per heavy atom. The first-order valence-corrected chi connectivity index (χ1v) is 3.84. The minimum atomic E-state index is -2.74. The lowest BCUT2D eigenvalue weighted by molar-refractivity contribution is 0.174. The Bertz CT molecular complexity index is 460. The monoisotopic (exact) mass is 184 g/mol. The Hall–Kier alpha value is -1.22. The fourth-order valence-electron chi connectivity index (χ4n) is 1.18. The van der Waals surface area contributed by atoms with E-state index in [9.17, 15) is 0 Å². The number of rotatable bonds is 2. The number of ether oxygens (including phenoxy) is 2. The molecule has 0 saturated heterocycles. The van der Waals surface area contributed by atoms with Gasteiger partial charge in [0.1, 0.15) is 0 Å². The quantitative estimate of drug-likeness (QED) is 0.753. The number of nitrogens with two attached hydrogens (primary N) is 1. The lowest BCUT2D eigenvalue weighted by atomic mass is 10.1. The average molecular weight is 184 g/mol. The van der Waals surface area contributed by atoms with E-state index < -0.39 is 19.3 Å². The smallest absolute Gasteiger partial charge is 0.231 e. The highest BCUT2D eigenvalue weighted by Crippen LogP contribution is 2.32. The Morgan fingerprint density at radius 2 is 2.54 bits per heavy atom. The van der Waals surface area contributed by atoms with Gasteiger partial charge in [0.05, 0.1) is 0 Å². The molecule has 2 atom stereocenters. The molecule has 0 radical (unpaired) electrons. The third-order valence-electron chi connectivity index (χ3n) is 1.72. The Labute approximate surface area is 84.5 Å². The molecule has 2 unspecified atom stereocenters. The van der Waals surface area contributed by atoms with Crippen LogP contribution in [0.25, 0.3) is 0 Å². The van der Waals surface area contributed by atoms with Crippen molar-refractivity contribution in [2.24, 2.45) is 5.73 Å². The molecule has 13 heavy (non-hydrogen) atoms. The first-order chi connectivity index (χ1) is 8.23. The SMILES string of the molecule is [2H]C(c1ccc2c(c1)OCO2)C([2H])(N)C([2H])([2H])[2H]. The van der Waals surface area contributed by atoms with Gasteiger partial charge in [-0.25, -0.2) is 0 Å². The van der Waals surface area contributed by atoms with Crippen molar-refractivity contribution in [3.05, 3.63) is 23.8 Å². The van der Waals surface area contributed by atoms with Crippen molar-refractivity contribution in [2.45, 2.75) is 19.3 Å². The highest BCUT2D eigenvalue weighted by Gasteiger charge is 2.13. The van der Waals surface area contributed by atoms with Crippen LogP contribution < -0.4 is 15.2 Å². The molecule has 0 bridgehead atoms. The van der Waals surface area contributed by atoms with Crippen LogP contribution in [0.3, 0.4) is 0 Å². The van der Waals surface area contributed by atoms with E-state index in [1.807, 2.05) is 0 Å². The Kier molecular flexibility index (Phi) is 1.09. The van der Waals surface area contributed by atoms with Crippen molar-refractivity contribution in [1.82, 2.24) is 0 Å². The molecule has 3 heteroatoms. The van der Waals surface area contributed by atoms with Crippen molar-refractivity contribution >= 4 is 0 Å². The molecule has 70 valence electrons. The number of hydrogen-bond donors (Lipinski definition) is 1. The molecule has 1 aliphatic rings. The number of fused-ring (bicyclic) bond motifs is 1. The van der Waals surface area contributed by atoms with Crippen molar-refractivity contribution in [3.63, 3.8) is 0 Å². The molecule has 0 amide bonds.